The smallest absolute Gasteiger partial charge is 0.219 e. The highest BCUT2D eigenvalue weighted by molar-refractivity contribution is 7.91. The van der Waals surface area contributed by atoms with E-state index in [1.807, 2.05) is 0 Å². The zero-order chi connectivity index (χ0) is 17.7. The average molecular weight is 349 g/mol. The van der Waals surface area contributed by atoms with Crippen LogP contribution in [0.4, 0.5) is 0 Å². The van der Waals surface area contributed by atoms with Crippen molar-refractivity contribution in [3.05, 3.63) is 54.1 Å². The van der Waals surface area contributed by atoms with Crippen LogP contribution in [0.2, 0.25) is 0 Å². The number of carbonyl (C=O) groups is 1. The predicted octanol–water partition coefficient (Wildman–Crippen LogP) is 2.09. The first-order valence-corrected chi connectivity index (χ1v) is 8.74. The molecular formula is C17H19NO5S. The van der Waals surface area contributed by atoms with Crippen LogP contribution in [-0.4, -0.2) is 28.5 Å². The third kappa shape index (κ3) is 3.68. The summed E-state index contributed by atoms with van der Waals surface area (Å²) in [7, 11) is -0.938. The third-order valence-electron chi connectivity index (χ3n) is 3.62. The van der Waals surface area contributed by atoms with E-state index < -0.39 is 21.0 Å². The number of sulfone groups is 1. The Labute approximate surface area is 141 Å². The van der Waals surface area contributed by atoms with Crippen molar-refractivity contribution >= 4 is 15.7 Å². The van der Waals surface area contributed by atoms with Crippen molar-refractivity contribution in [3.8, 4) is 11.5 Å². The minimum atomic E-state index is -3.84. The second kappa shape index (κ2) is 7.35. The summed E-state index contributed by atoms with van der Waals surface area (Å²) >= 11 is 0. The predicted molar refractivity (Wildman–Crippen MR) is 89.7 cm³/mol. The average Bonchev–Trinajstić information content (AvgIpc) is 2.59. The molecule has 7 heteroatoms. The summed E-state index contributed by atoms with van der Waals surface area (Å²) in [5.74, 6) is 0.0921. The molecule has 0 fully saturated rings. The molecule has 0 bridgehead atoms. The number of nitrogens with two attached hydrogens (primary N) is 1. The van der Waals surface area contributed by atoms with Gasteiger partial charge in [0.05, 0.1) is 19.1 Å². The lowest BCUT2D eigenvalue weighted by Crippen LogP contribution is -2.22. The largest absolute Gasteiger partial charge is 0.497 e. The molecule has 0 saturated carbocycles. The lowest BCUT2D eigenvalue weighted by atomic mass is 10.1. The standard InChI is InChI=1S/C17H19NO5S/c1-22-12-8-9-15(23-2)14(10-12)16(11-17(18)19)24(20,21)13-6-4-3-5-7-13/h3-10,16H,11H2,1-2H3,(H2,18,19). The molecule has 1 unspecified atom stereocenters. The molecule has 128 valence electrons. The normalized spacial score (nSPS) is 12.4. The summed E-state index contributed by atoms with van der Waals surface area (Å²) in [6.45, 7) is 0. The first-order chi connectivity index (χ1) is 11.4. The molecule has 0 saturated heterocycles. The van der Waals surface area contributed by atoms with Gasteiger partial charge in [-0.2, -0.15) is 0 Å². The minimum Gasteiger partial charge on any atom is -0.497 e. The summed E-state index contributed by atoms with van der Waals surface area (Å²) in [5, 5.41) is -1.16. The van der Waals surface area contributed by atoms with Crippen LogP contribution >= 0.6 is 0 Å². The van der Waals surface area contributed by atoms with E-state index in [9.17, 15) is 13.2 Å². The monoisotopic (exact) mass is 349 g/mol. The molecule has 0 aliphatic rings. The molecule has 2 aromatic rings. The number of hydrogen-bond acceptors (Lipinski definition) is 5. The number of rotatable bonds is 7. The zero-order valence-corrected chi connectivity index (χ0v) is 14.2. The van der Waals surface area contributed by atoms with Gasteiger partial charge in [-0.1, -0.05) is 18.2 Å². The van der Waals surface area contributed by atoms with Gasteiger partial charge in [0.25, 0.3) is 0 Å². The van der Waals surface area contributed by atoms with Gasteiger partial charge in [-0.05, 0) is 30.3 Å². The van der Waals surface area contributed by atoms with Gasteiger partial charge in [-0.15, -0.1) is 0 Å². The van der Waals surface area contributed by atoms with Crippen LogP contribution in [-0.2, 0) is 14.6 Å². The Hall–Kier alpha value is -2.54. The Morgan fingerprint density at radius 1 is 1.08 bits per heavy atom. The van der Waals surface area contributed by atoms with E-state index in [2.05, 4.69) is 0 Å². The highest BCUT2D eigenvalue weighted by Crippen LogP contribution is 2.38. The Kier molecular flexibility index (Phi) is 5.46. The number of benzene rings is 2. The van der Waals surface area contributed by atoms with Crippen LogP contribution in [0.3, 0.4) is 0 Å². The Morgan fingerprint density at radius 3 is 2.29 bits per heavy atom. The van der Waals surface area contributed by atoms with Gasteiger partial charge in [0, 0.05) is 12.0 Å². The van der Waals surface area contributed by atoms with Crippen molar-refractivity contribution in [1.29, 1.82) is 0 Å². The summed E-state index contributed by atoms with van der Waals surface area (Å²) in [6, 6.07) is 12.7. The minimum absolute atomic E-state index is 0.112. The molecule has 0 heterocycles. The molecule has 6 nitrogen and oxygen atoms in total. The quantitative estimate of drug-likeness (QED) is 0.826. The second-order valence-corrected chi connectivity index (χ2v) is 7.26. The first-order valence-electron chi connectivity index (χ1n) is 7.19. The van der Waals surface area contributed by atoms with Crippen LogP contribution in [0.25, 0.3) is 0 Å². The second-order valence-electron chi connectivity index (χ2n) is 5.13. The van der Waals surface area contributed by atoms with Crippen LogP contribution < -0.4 is 15.2 Å². The van der Waals surface area contributed by atoms with E-state index in [4.69, 9.17) is 15.2 Å². The maximum Gasteiger partial charge on any atom is 0.219 e. The molecule has 0 radical (unpaired) electrons. The summed E-state index contributed by atoms with van der Waals surface area (Å²) in [4.78, 5) is 11.6. The molecular weight excluding hydrogens is 330 g/mol. The van der Waals surface area contributed by atoms with E-state index in [1.54, 1.807) is 36.4 Å². The third-order valence-corrected chi connectivity index (χ3v) is 5.72. The van der Waals surface area contributed by atoms with Crippen molar-refractivity contribution in [2.45, 2.75) is 16.6 Å². The number of carbonyl (C=O) groups excluding carboxylic acids is 1. The fourth-order valence-electron chi connectivity index (χ4n) is 2.44. The van der Waals surface area contributed by atoms with E-state index >= 15 is 0 Å². The van der Waals surface area contributed by atoms with Crippen molar-refractivity contribution in [2.75, 3.05) is 14.2 Å². The molecule has 2 aromatic carbocycles. The van der Waals surface area contributed by atoms with E-state index in [1.165, 1.54) is 26.4 Å². The van der Waals surface area contributed by atoms with Crippen LogP contribution in [0.15, 0.2) is 53.4 Å². The molecule has 1 atom stereocenters. The van der Waals surface area contributed by atoms with Crippen LogP contribution in [0.5, 0.6) is 11.5 Å². The maximum atomic E-state index is 13.0. The number of primary amides is 1. The number of hydrogen-bond donors (Lipinski definition) is 1. The van der Waals surface area contributed by atoms with Gasteiger partial charge in [0.2, 0.25) is 5.91 Å². The Balaban J connectivity index is 2.64. The van der Waals surface area contributed by atoms with Gasteiger partial charge in [0.15, 0.2) is 9.84 Å². The molecule has 1 amide bonds. The number of ether oxygens (including phenoxy) is 2. The molecule has 2 rings (SSSR count). The van der Waals surface area contributed by atoms with Crippen molar-refractivity contribution in [3.63, 3.8) is 0 Å². The lowest BCUT2D eigenvalue weighted by molar-refractivity contribution is -0.118. The summed E-state index contributed by atoms with van der Waals surface area (Å²) in [6.07, 6.45) is -0.360. The molecule has 24 heavy (non-hydrogen) atoms. The lowest BCUT2D eigenvalue weighted by Gasteiger charge is -2.20. The maximum absolute atomic E-state index is 13.0. The summed E-state index contributed by atoms with van der Waals surface area (Å²) < 4.78 is 36.5. The van der Waals surface area contributed by atoms with Crippen molar-refractivity contribution in [1.82, 2.24) is 0 Å². The molecule has 0 aromatic heterocycles. The fourth-order valence-corrected chi connectivity index (χ4v) is 4.20. The van der Waals surface area contributed by atoms with Gasteiger partial charge in [-0.25, -0.2) is 8.42 Å². The zero-order valence-electron chi connectivity index (χ0n) is 13.4. The van der Waals surface area contributed by atoms with Gasteiger partial charge < -0.3 is 15.2 Å². The molecule has 0 aliphatic carbocycles. The van der Waals surface area contributed by atoms with Crippen molar-refractivity contribution < 1.29 is 22.7 Å². The van der Waals surface area contributed by atoms with Gasteiger partial charge in [-0.3, -0.25) is 4.79 Å². The van der Waals surface area contributed by atoms with E-state index in [-0.39, 0.29) is 11.3 Å². The van der Waals surface area contributed by atoms with E-state index in [0.717, 1.165) is 0 Å². The topological polar surface area (TPSA) is 95.7 Å². The molecule has 0 aliphatic heterocycles. The van der Waals surface area contributed by atoms with E-state index in [0.29, 0.717) is 17.1 Å². The number of methoxy groups -OCH3 is 2. The summed E-state index contributed by atoms with van der Waals surface area (Å²) in [5.41, 5.74) is 5.62. The molecule has 2 N–H and O–H groups in total. The van der Waals surface area contributed by atoms with Crippen LogP contribution in [0, 0.1) is 0 Å². The SMILES string of the molecule is COc1ccc(OC)c(C(CC(N)=O)S(=O)(=O)c2ccccc2)c1. The Morgan fingerprint density at radius 2 is 1.75 bits per heavy atom. The highest BCUT2D eigenvalue weighted by atomic mass is 32.2. The van der Waals surface area contributed by atoms with Gasteiger partial charge in [0.1, 0.15) is 16.7 Å². The first kappa shape index (κ1) is 17.8. The van der Waals surface area contributed by atoms with Crippen molar-refractivity contribution in [2.24, 2.45) is 5.73 Å². The van der Waals surface area contributed by atoms with Crippen LogP contribution in [0.1, 0.15) is 17.2 Å². The fraction of sp³-hybridized carbons (Fsp3) is 0.235. The van der Waals surface area contributed by atoms with Gasteiger partial charge >= 0.3 is 0 Å². The number of amides is 1. The highest BCUT2D eigenvalue weighted by Gasteiger charge is 2.33. The Bertz CT molecular complexity index is 818. The molecule has 0 spiro atoms.